The van der Waals surface area contributed by atoms with Gasteiger partial charge < -0.3 is 15.5 Å². The number of amides is 1. The van der Waals surface area contributed by atoms with Crippen LogP contribution in [-0.2, 0) is 6.54 Å². The molecule has 0 bridgehead atoms. The van der Waals surface area contributed by atoms with E-state index in [9.17, 15) is 4.79 Å². The van der Waals surface area contributed by atoms with Crippen LogP contribution in [0.15, 0.2) is 41.0 Å². The summed E-state index contributed by atoms with van der Waals surface area (Å²) in [5.74, 6) is 1.55. The van der Waals surface area contributed by atoms with Gasteiger partial charge in [-0.15, -0.1) is 12.4 Å². The van der Waals surface area contributed by atoms with Gasteiger partial charge in [-0.25, -0.2) is 0 Å². The lowest BCUT2D eigenvalue weighted by molar-refractivity contribution is 0.0930. The van der Waals surface area contributed by atoms with Crippen LogP contribution in [0.3, 0.4) is 0 Å². The predicted octanol–water partition coefficient (Wildman–Crippen LogP) is 3.94. The van der Waals surface area contributed by atoms with E-state index in [1.165, 1.54) is 6.26 Å². The van der Waals surface area contributed by atoms with Crippen molar-refractivity contribution in [1.82, 2.24) is 5.32 Å². The summed E-state index contributed by atoms with van der Waals surface area (Å²) in [6.45, 7) is 2.48. The van der Waals surface area contributed by atoms with Crippen molar-refractivity contribution in [1.29, 1.82) is 0 Å². The maximum Gasteiger partial charge on any atom is 0.255 e. The number of nitrogens with one attached hydrogen (secondary N) is 1. The molecule has 0 spiro atoms. The molecule has 1 saturated carbocycles. The van der Waals surface area contributed by atoms with Gasteiger partial charge in [0.05, 0.1) is 18.2 Å². The monoisotopic (exact) mass is 354 g/mol. The van der Waals surface area contributed by atoms with Crippen LogP contribution in [0, 0.1) is 11.8 Å². The highest BCUT2D eigenvalue weighted by Gasteiger charge is 2.41. The first-order valence-corrected chi connectivity index (χ1v) is 7.80. The van der Waals surface area contributed by atoms with Gasteiger partial charge in [0.15, 0.2) is 0 Å². The molecule has 3 unspecified atom stereocenters. The Morgan fingerprint density at radius 2 is 2.09 bits per heavy atom. The zero-order valence-corrected chi connectivity index (χ0v) is 14.4. The largest absolute Gasteiger partial charge is 0.467 e. The molecule has 3 rings (SSSR count). The molecular weight excluding hydrogens is 335 g/mol. The highest BCUT2D eigenvalue weighted by atomic mass is 35.5. The van der Waals surface area contributed by atoms with Gasteiger partial charge in [-0.1, -0.05) is 30.7 Å². The molecular formula is C17H20Cl2N2O2. The van der Waals surface area contributed by atoms with Crippen LogP contribution in [-0.4, -0.2) is 5.91 Å². The minimum absolute atomic E-state index is 0. The molecule has 6 heteroatoms. The van der Waals surface area contributed by atoms with E-state index in [2.05, 4.69) is 12.2 Å². The first-order chi connectivity index (χ1) is 10.6. The second-order valence-corrected chi connectivity index (χ2v) is 6.32. The molecule has 3 N–H and O–H groups in total. The lowest BCUT2D eigenvalue weighted by Gasteiger charge is -2.19. The average Bonchev–Trinajstić information content (AvgIpc) is 3.04. The van der Waals surface area contributed by atoms with Crippen molar-refractivity contribution in [3.05, 3.63) is 58.5 Å². The number of hydrogen-bond donors (Lipinski definition) is 2. The first kappa shape index (κ1) is 17.9. The van der Waals surface area contributed by atoms with E-state index in [1.807, 2.05) is 24.3 Å². The number of benzene rings is 1. The maximum atomic E-state index is 12.4. The number of carbonyl (C=O) groups is 1. The van der Waals surface area contributed by atoms with E-state index in [0.29, 0.717) is 28.2 Å². The fraction of sp³-hybridized carbons (Fsp3) is 0.353. The van der Waals surface area contributed by atoms with Crippen molar-refractivity contribution in [3.63, 3.8) is 0 Å². The minimum Gasteiger partial charge on any atom is -0.467 e. The maximum absolute atomic E-state index is 12.4. The molecule has 1 aromatic carbocycles. The quantitative estimate of drug-likeness (QED) is 0.854. The van der Waals surface area contributed by atoms with Gasteiger partial charge >= 0.3 is 0 Å². The molecule has 3 atom stereocenters. The van der Waals surface area contributed by atoms with Gasteiger partial charge in [-0.2, -0.15) is 0 Å². The van der Waals surface area contributed by atoms with Gasteiger partial charge in [0.25, 0.3) is 5.91 Å². The molecule has 0 radical (unpaired) electrons. The van der Waals surface area contributed by atoms with Crippen molar-refractivity contribution in [3.8, 4) is 0 Å². The molecule has 0 saturated heterocycles. The zero-order chi connectivity index (χ0) is 15.7. The Balaban J connectivity index is 0.00000192. The molecule has 1 aromatic heterocycles. The topological polar surface area (TPSA) is 68.3 Å². The van der Waals surface area contributed by atoms with E-state index in [-0.39, 0.29) is 30.9 Å². The third-order valence-electron chi connectivity index (χ3n) is 4.23. The van der Waals surface area contributed by atoms with E-state index < -0.39 is 0 Å². The fourth-order valence-electron chi connectivity index (χ4n) is 2.75. The first-order valence-electron chi connectivity index (χ1n) is 7.42. The SMILES string of the molecule is CC1CC1C(NC(=O)c1coc(CN)c1)c1ccc(Cl)cc1.Cl. The molecule has 2 aromatic rings. The zero-order valence-electron chi connectivity index (χ0n) is 12.8. The summed E-state index contributed by atoms with van der Waals surface area (Å²) in [5, 5.41) is 3.81. The summed E-state index contributed by atoms with van der Waals surface area (Å²) in [6.07, 6.45) is 2.57. The van der Waals surface area contributed by atoms with Crippen molar-refractivity contribution in [2.75, 3.05) is 0 Å². The highest BCUT2D eigenvalue weighted by molar-refractivity contribution is 6.30. The molecule has 1 aliphatic rings. The lowest BCUT2D eigenvalue weighted by atomic mass is 10.0. The van der Waals surface area contributed by atoms with Crippen molar-refractivity contribution < 1.29 is 9.21 Å². The molecule has 1 amide bonds. The number of halogens is 2. The summed E-state index contributed by atoms with van der Waals surface area (Å²) >= 11 is 5.95. The van der Waals surface area contributed by atoms with Gasteiger partial charge in [0, 0.05) is 5.02 Å². The van der Waals surface area contributed by atoms with Gasteiger partial charge in [0.1, 0.15) is 12.0 Å². The fourth-order valence-corrected chi connectivity index (χ4v) is 2.88. The smallest absolute Gasteiger partial charge is 0.255 e. The van der Waals surface area contributed by atoms with Gasteiger partial charge in [0.2, 0.25) is 0 Å². The van der Waals surface area contributed by atoms with Crippen LogP contribution in [0.1, 0.15) is 41.1 Å². The number of nitrogens with two attached hydrogens (primary N) is 1. The molecule has 1 heterocycles. The number of furan rings is 1. The van der Waals surface area contributed by atoms with Gasteiger partial charge in [-0.3, -0.25) is 4.79 Å². The van der Waals surface area contributed by atoms with Crippen molar-refractivity contribution >= 4 is 29.9 Å². The summed E-state index contributed by atoms with van der Waals surface area (Å²) in [5.41, 5.74) is 7.09. The third kappa shape index (κ3) is 4.08. The molecule has 124 valence electrons. The number of hydrogen-bond acceptors (Lipinski definition) is 3. The van der Waals surface area contributed by atoms with E-state index in [4.69, 9.17) is 21.8 Å². The van der Waals surface area contributed by atoms with Crippen LogP contribution in [0.2, 0.25) is 5.02 Å². The van der Waals surface area contributed by atoms with E-state index >= 15 is 0 Å². The van der Waals surface area contributed by atoms with E-state index in [0.717, 1.165) is 12.0 Å². The third-order valence-corrected chi connectivity index (χ3v) is 4.48. The second-order valence-electron chi connectivity index (χ2n) is 5.89. The Morgan fingerprint density at radius 3 is 2.61 bits per heavy atom. The van der Waals surface area contributed by atoms with Crippen molar-refractivity contribution in [2.24, 2.45) is 17.6 Å². The van der Waals surface area contributed by atoms with Crippen LogP contribution >= 0.6 is 24.0 Å². The Bertz CT molecular complexity index is 669. The lowest BCUT2D eigenvalue weighted by Crippen LogP contribution is -2.30. The summed E-state index contributed by atoms with van der Waals surface area (Å²) in [6, 6.07) is 9.33. The minimum atomic E-state index is -0.137. The molecule has 1 aliphatic carbocycles. The summed E-state index contributed by atoms with van der Waals surface area (Å²) < 4.78 is 5.23. The Labute approximate surface area is 146 Å². The Kier molecular flexibility index (Phi) is 5.74. The Hall–Kier alpha value is -1.49. The highest BCUT2D eigenvalue weighted by Crippen LogP contribution is 2.47. The molecule has 4 nitrogen and oxygen atoms in total. The second kappa shape index (κ2) is 7.39. The van der Waals surface area contributed by atoms with Gasteiger partial charge in [-0.05, 0) is 42.0 Å². The number of carbonyl (C=O) groups excluding carboxylic acids is 1. The van der Waals surface area contributed by atoms with Crippen LogP contribution in [0.5, 0.6) is 0 Å². The number of rotatable bonds is 5. The molecule has 1 fully saturated rings. The standard InChI is InChI=1S/C17H19ClN2O2.ClH/c1-10-6-15(10)16(11-2-4-13(18)5-3-11)20-17(21)12-7-14(8-19)22-9-12;/h2-5,7,9-10,15-16H,6,8,19H2,1H3,(H,20,21);1H. The van der Waals surface area contributed by atoms with Crippen LogP contribution in [0.4, 0.5) is 0 Å². The Morgan fingerprint density at radius 1 is 1.43 bits per heavy atom. The van der Waals surface area contributed by atoms with Crippen molar-refractivity contribution in [2.45, 2.75) is 25.9 Å². The molecule has 0 aliphatic heterocycles. The van der Waals surface area contributed by atoms with E-state index in [1.54, 1.807) is 6.07 Å². The predicted molar refractivity (Wildman–Crippen MR) is 92.8 cm³/mol. The summed E-state index contributed by atoms with van der Waals surface area (Å²) in [7, 11) is 0. The molecule has 23 heavy (non-hydrogen) atoms. The summed E-state index contributed by atoms with van der Waals surface area (Å²) in [4.78, 5) is 12.4. The van der Waals surface area contributed by atoms with Crippen LogP contribution in [0.25, 0.3) is 0 Å². The average molecular weight is 355 g/mol. The van der Waals surface area contributed by atoms with Crippen LogP contribution < -0.4 is 11.1 Å². The normalized spacial score (nSPS) is 20.5.